The smallest absolute Gasteiger partial charge is 0.193 e. The lowest BCUT2D eigenvalue weighted by Gasteiger charge is -2.14. The fourth-order valence-electron chi connectivity index (χ4n) is 3.07. The third-order valence-corrected chi connectivity index (χ3v) is 4.28. The molecule has 0 saturated heterocycles. The van der Waals surface area contributed by atoms with E-state index in [1.165, 1.54) is 0 Å². The first-order valence-corrected chi connectivity index (χ1v) is 9.50. The van der Waals surface area contributed by atoms with E-state index < -0.39 is 0 Å². The predicted octanol–water partition coefficient (Wildman–Crippen LogP) is 4.19. The molecule has 156 valence electrons. The van der Waals surface area contributed by atoms with Crippen molar-refractivity contribution in [3.05, 3.63) is 48.3 Å². The van der Waals surface area contributed by atoms with Crippen LogP contribution in [0.2, 0.25) is 0 Å². The first-order chi connectivity index (χ1) is 13.6. The fourth-order valence-corrected chi connectivity index (χ4v) is 3.07. The van der Waals surface area contributed by atoms with Gasteiger partial charge in [-0.1, -0.05) is 12.1 Å². The van der Waals surface area contributed by atoms with E-state index in [9.17, 15) is 0 Å². The Morgan fingerprint density at radius 1 is 1.14 bits per heavy atom. The minimum Gasteiger partial charge on any atom is -0.494 e. The number of hydrogen-bond acceptors (Lipinski definition) is 4. The number of fused-ring (bicyclic) bond motifs is 1. The highest BCUT2D eigenvalue weighted by Crippen LogP contribution is 2.29. The van der Waals surface area contributed by atoms with E-state index in [0.29, 0.717) is 38.0 Å². The number of imidazole rings is 1. The van der Waals surface area contributed by atoms with E-state index >= 15 is 0 Å². The van der Waals surface area contributed by atoms with Crippen LogP contribution in [-0.2, 0) is 6.54 Å². The van der Waals surface area contributed by atoms with Crippen LogP contribution in [0.5, 0.6) is 11.5 Å². The summed E-state index contributed by atoms with van der Waals surface area (Å²) in [5, 5.41) is 3.12. The molecule has 0 fully saturated rings. The maximum Gasteiger partial charge on any atom is 0.193 e. The summed E-state index contributed by atoms with van der Waals surface area (Å²) >= 11 is 0. The fraction of sp³-hybridized carbons (Fsp3) is 0.333. The number of nitrogens with zero attached hydrogens (tertiary/aromatic N) is 3. The number of anilines is 1. The number of guanidine groups is 1. The van der Waals surface area contributed by atoms with Crippen LogP contribution in [0, 0.1) is 6.92 Å². The topological polar surface area (TPSA) is 86.7 Å². The zero-order valence-corrected chi connectivity index (χ0v) is 19.3. The Morgan fingerprint density at radius 3 is 2.66 bits per heavy atom. The van der Waals surface area contributed by atoms with Crippen LogP contribution in [-0.4, -0.2) is 35.3 Å². The van der Waals surface area contributed by atoms with Crippen molar-refractivity contribution in [3.63, 3.8) is 0 Å². The third-order valence-electron chi connectivity index (χ3n) is 4.28. The van der Waals surface area contributed by atoms with Crippen molar-refractivity contribution in [2.24, 2.45) is 10.7 Å². The van der Waals surface area contributed by atoms with Crippen LogP contribution in [0.25, 0.3) is 11.0 Å². The number of nitrogens with one attached hydrogen (secondary N) is 1. The molecule has 2 aromatic carbocycles. The molecule has 0 spiro atoms. The molecule has 0 aliphatic rings. The summed E-state index contributed by atoms with van der Waals surface area (Å²) in [5.74, 6) is 2.75. The second-order valence-electron chi connectivity index (χ2n) is 6.22. The molecule has 3 rings (SSSR count). The van der Waals surface area contributed by atoms with Gasteiger partial charge in [-0.2, -0.15) is 0 Å². The highest BCUT2D eigenvalue weighted by molar-refractivity contribution is 14.0. The molecule has 1 heterocycles. The minimum atomic E-state index is 0. The van der Waals surface area contributed by atoms with Crippen molar-refractivity contribution in [1.29, 1.82) is 0 Å². The molecule has 0 bridgehead atoms. The van der Waals surface area contributed by atoms with Gasteiger partial charge in [0, 0.05) is 12.6 Å². The number of rotatable bonds is 8. The number of benzene rings is 2. The predicted molar refractivity (Wildman–Crippen MR) is 129 cm³/mol. The quantitative estimate of drug-likeness (QED) is 0.270. The zero-order chi connectivity index (χ0) is 19.9. The molecule has 29 heavy (non-hydrogen) atoms. The Kier molecular flexibility index (Phi) is 8.56. The van der Waals surface area contributed by atoms with Gasteiger partial charge in [-0.15, -0.1) is 24.0 Å². The molecule has 3 N–H and O–H groups in total. The molecule has 8 heteroatoms. The summed E-state index contributed by atoms with van der Waals surface area (Å²) in [6.07, 6.45) is 0. The summed E-state index contributed by atoms with van der Waals surface area (Å²) in [5.41, 5.74) is 8.93. The standard InChI is InChI=1S/C21H27N5O2.HI/c1-4-27-16-10-11-20(28-5-2)18(14-16)25-21(22)23-12-13-26-15(3)24-17-8-6-7-9-19(17)26;/h6-11,14H,4-5,12-13H2,1-3H3,(H3,22,23,25);1H. The summed E-state index contributed by atoms with van der Waals surface area (Å²) in [7, 11) is 0. The van der Waals surface area contributed by atoms with Crippen molar-refractivity contribution in [2.75, 3.05) is 25.1 Å². The summed E-state index contributed by atoms with van der Waals surface area (Å²) < 4.78 is 13.4. The monoisotopic (exact) mass is 509 g/mol. The number of aromatic nitrogens is 2. The lowest BCUT2D eigenvalue weighted by molar-refractivity contribution is 0.332. The van der Waals surface area contributed by atoms with E-state index in [4.69, 9.17) is 15.2 Å². The Labute approximate surface area is 188 Å². The van der Waals surface area contributed by atoms with Gasteiger partial charge in [0.25, 0.3) is 0 Å². The van der Waals surface area contributed by atoms with Crippen LogP contribution >= 0.6 is 24.0 Å². The van der Waals surface area contributed by atoms with Crippen LogP contribution in [0.1, 0.15) is 19.7 Å². The molecule has 0 unspecified atom stereocenters. The largest absolute Gasteiger partial charge is 0.494 e. The molecule has 0 aliphatic carbocycles. The van der Waals surface area contributed by atoms with E-state index in [0.717, 1.165) is 28.3 Å². The second-order valence-corrected chi connectivity index (χ2v) is 6.22. The van der Waals surface area contributed by atoms with Gasteiger partial charge in [0.2, 0.25) is 0 Å². The normalized spacial score (nSPS) is 11.2. The van der Waals surface area contributed by atoms with Crippen molar-refractivity contribution >= 4 is 46.7 Å². The van der Waals surface area contributed by atoms with Gasteiger partial charge < -0.3 is 25.1 Å². The van der Waals surface area contributed by atoms with E-state index in [1.54, 1.807) is 0 Å². The Morgan fingerprint density at radius 2 is 1.90 bits per heavy atom. The Balaban J connectivity index is 0.00000300. The molecular formula is C21H28IN5O2. The number of para-hydroxylation sites is 2. The van der Waals surface area contributed by atoms with Crippen molar-refractivity contribution in [1.82, 2.24) is 9.55 Å². The SMILES string of the molecule is CCOc1ccc(OCC)c(NC(N)=NCCn2c(C)nc3ccccc32)c1.I. The van der Waals surface area contributed by atoms with Gasteiger partial charge in [-0.3, -0.25) is 4.99 Å². The van der Waals surface area contributed by atoms with E-state index in [2.05, 4.69) is 25.9 Å². The molecule has 7 nitrogen and oxygen atoms in total. The maximum atomic E-state index is 6.10. The molecule has 0 aliphatic heterocycles. The second kappa shape index (κ2) is 10.9. The Bertz CT molecular complexity index is 971. The van der Waals surface area contributed by atoms with Crippen LogP contribution < -0.4 is 20.5 Å². The van der Waals surface area contributed by atoms with Gasteiger partial charge in [0.05, 0.1) is 36.5 Å². The average molecular weight is 509 g/mol. The highest BCUT2D eigenvalue weighted by Gasteiger charge is 2.08. The van der Waals surface area contributed by atoms with Gasteiger partial charge in [0.15, 0.2) is 5.96 Å². The first-order valence-electron chi connectivity index (χ1n) is 9.50. The van der Waals surface area contributed by atoms with Crippen LogP contribution in [0.15, 0.2) is 47.5 Å². The number of aliphatic imine (C=N–C) groups is 1. The average Bonchev–Trinajstić information content (AvgIpc) is 3.00. The van der Waals surface area contributed by atoms with E-state index in [-0.39, 0.29) is 24.0 Å². The molecular weight excluding hydrogens is 481 g/mol. The molecule has 3 aromatic rings. The van der Waals surface area contributed by atoms with Gasteiger partial charge >= 0.3 is 0 Å². The summed E-state index contributed by atoms with van der Waals surface area (Å²) in [4.78, 5) is 9.03. The van der Waals surface area contributed by atoms with Crippen LogP contribution in [0.4, 0.5) is 5.69 Å². The minimum absolute atomic E-state index is 0. The number of ether oxygens (including phenoxy) is 2. The number of halogens is 1. The van der Waals surface area contributed by atoms with Gasteiger partial charge in [-0.25, -0.2) is 4.98 Å². The van der Waals surface area contributed by atoms with Crippen molar-refractivity contribution in [3.8, 4) is 11.5 Å². The van der Waals surface area contributed by atoms with Gasteiger partial charge in [0.1, 0.15) is 17.3 Å². The van der Waals surface area contributed by atoms with Gasteiger partial charge in [-0.05, 0) is 45.0 Å². The van der Waals surface area contributed by atoms with Crippen molar-refractivity contribution in [2.45, 2.75) is 27.3 Å². The first kappa shape index (κ1) is 22.8. The Hall–Kier alpha value is -2.49. The maximum absolute atomic E-state index is 6.10. The van der Waals surface area contributed by atoms with E-state index in [1.807, 2.05) is 57.2 Å². The summed E-state index contributed by atoms with van der Waals surface area (Å²) in [6.45, 7) is 8.28. The number of hydrogen-bond donors (Lipinski definition) is 2. The van der Waals surface area contributed by atoms with Crippen LogP contribution in [0.3, 0.4) is 0 Å². The molecule has 0 atom stereocenters. The zero-order valence-electron chi connectivity index (χ0n) is 17.0. The molecule has 0 radical (unpaired) electrons. The lowest BCUT2D eigenvalue weighted by atomic mass is 10.2. The number of aryl methyl sites for hydroxylation is 1. The number of nitrogens with two attached hydrogens (primary N) is 1. The molecule has 0 amide bonds. The summed E-state index contributed by atoms with van der Waals surface area (Å²) in [6, 6.07) is 13.7. The highest BCUT2D eigenvalue weighted by atomic mass is 127. The molecule has 0 saturated carbocycles. The molecule has 1 aromatic heterocycles. The van der Waals surface area contributed by atoms with Crippen molar-refractivity contribution < 1.29 is 9.47 Å². The lowest BCUT2D eigenvalue weighted by Crippen LogP contribution is -2.24. The third kappa shape index (κ3) is 5.75.